The number of carbonyl (C=O) groups excluding carboxylic acids is 1. The molecule has 9 heteroatoms. The quantitative estimate of drug-likeness (QED) is 0.674. The third-order valence-corrected chi connectivity index (χ3v) is 4.06. The zero-order valence-electron chi connectivity index (χ0n) is 14.5. The minimum Gasteiger partial charge on any atom is -0.326 e. The molecule has 2 N–H and O–H groups in total. The first-order chi connectivity index (χ1) is 12.9. The van der Waals surface area contributed by atoms with E-state index in [0.717, 1.165) is 17.4 Å². The van der Waals surface area contributed by atoms with Crippen LogP contribution in [0.25, 0.3) is 11.1 Å². The molecular formula is C18H17N5O3S. The molecule has 0 bridgehead atoms. The van der Waals surface area contributed by atoms with Gasteiger partial charge in [-0.2, -0.15) is 0 Å². The molecule has 0 aliphatic carbocycles. The Bertz CT molecular complexity index is 1040. The van der Waals surface area contributed by atoms with E-state index in [1.807, 2.05) is 24.3 Å². The van der Waals surface area contributed by atoms with Crippen LogP contribution in [0.5, 0.6) is 0 Å². The van der Waals surface area contributed by atoms with Crippen molar-refractivity contribution >= 4 is 27.4 Å². The summed E-state index contributed by atoms with van der Waals surface area (Å²) in [6, 6.07) is 11.2. The maximum Gasteiger partial charge on any atom is 0.231 e. The first-order valence-electron chi connectivity index (χ1n) is 7.98. The molecule has 0 saturated heterocycles. The number of anilines is 2. The number of rotatable bonds is 6. The molecule has 3 aromatic rings. The fourth-order valence-electron chi connectivity index (χ4n) is 2.38. The molecule has 0 spiro atoms. The summed E-state index contributed by atoms with van der Waals surface area (Å²) in [5, 5.41) is 2.78. The van der Waals surface area contributed by atoms with Crippen LogP contribution in [0.15, 0.2) is 61.2 Å². The average molecular weight is 383 g/mol. The van der Waals surface area contributed by atoms with Crippen molar-refractivity contribution in [1.82, 2.24) is 15.0 Å². The largest absolute Gasteiger partial charge is 0.326 e. The number of hydrogen-bond acceptors (Lipinski definition) is 6. The van der Waals surface area contributed by atoms with E-state index in [2.05, 4.69) is 25.0 Å². The number of carbonyl (C=O) groups is 1. The van der Waals surface area contributed by atoms with Gasteiger partial charge in [0, 0.05) is 24.3 Å². The van der Waals surface area contributed by atoms with Crippen LogP contribution in [0, 0.1) is 0 Å². The summed E-state index contributed by atoms with van der Waals surface area (Å²) >= 11 is 0. The molecule has 3 rings (SSSR count). The smallest absolute Gasteiger partial charge is 0.231 e. The molecule has 138 valence electrons. The molecule has 0 radical (unpaired) electrons. The van der Waals surface area contributed by atoms with Gasteiger partial charge in [0.15, 0.2) is 5.82 Å². The summed E-state index contributed by atoms with van der Waals surface area (Å²) in [7, 11) is -3.46. The van der Waals surface area contributed by atoms with Crippen LogP contribution in [-0.2, 0) is 21.2 Å². The lowest BCUT2D eigenvalue weighted by Crippen LogP contribution is -2.16. The van der Waals surface area contributed by atoms with Crippen LogP contribution in [0.1, 0.15) is 5.69 Å². The molecule has 0 aliphatic rings. The molecule has 8 nitrogen and oxygen atoms in total. The van der Waals surface area contributed by atoms with Crippen LogP contribution >= 0.6 is 0 Å². The van der Waals surface area contributed by atoms with Gasteiger partial charge in [0.1, 0.15) is 0 Å². The Kier molecular flexibility index (Phi) is 5.41. The van der Waals surface area contributed by atoms with Gasteiger partial charge in [-0.3, -0.25) is 19.5 Å². The molecule has 2 aromatic heterocycles. The molecule has 0 unspecified atom stereocenters. The number of nitrogens with one attached hydrogen (secondary N) is 2. The van der Waals surface area contributed by atoms with Gasteiger partial charge in [-0.25, -0.2) is 13.4 Å². The van der Waals surface area contributed by atoms with Crippen LogP contribution in [0.3, 0.4) is 0 Å². The SMILES string of the molecule is CS(=O)(=O)Nc1cncc(CC(=O)Nc2ccc(-c3cccnc3)cc2)n1. The van der Waals surface area contributed by atoms with Crippen molar-refractivity contribution in [2.24, 2.45) is 0 Å². The van der Waals surface area contributed by atoms with Crippen molar-refractivity contribution in [3.8, 4) is 11.1 Å². The van der Waals surface area contributed by atoms with Crippen LogP contribution < -0.4 is 10.0 Å². The Hall–Kier alpha value is -3.33. The highest BCUT2D eigenvalue weighted by molar-refractivity contribution is 7.92. The fraction of sp³-hybridized carbons (Fsp3) is 0.111. The van der Waals surface area contributed by atoms with E-state index in [9.17, 15) is 13.2 Å². The molecule has 1 amide bonds. The number of aromatic nitrogens is 3. The number of benzene rings is 1. The van der Waals surface area contributed by atoms with Gasteiger partial charge in [0.25, 0.3) is 0 Å². The van der Waals surface area contributed by atoms with Gasteiger partial charge in [-0.05, 0) is 29.3 Å². The lowest BCUT2D eigenvalue weighted by molar-refractivity contribution is -0.115. The number of sulfonamides is 1. The van der Waals surface area contributed by atoms with Gasteiger partial charge in [0.2, 0.25) is 15.9 Å². The zero-order chi connectivity index (χ0) is 19.3. The van der Waals surface area contributed by atoms with E-state index in [4.69, 9.17) is 0 Å². The zero-order valence-corrected chi connectivity index (χ0v) is 15.3. The van der Waals surface area contributed by atoms with Gasteiger partial charge in [0.05, 0.1) is 24.6 Å². The predicted octanol–water partition coefficient (Wildman–Crippen LogP) is 2.09. The lowest BCUT2D eigenvalue weighted by atomic mass is 10.1. The molecular weight excluding hydrogens is 366 g/mol. The van der Waals surface area contributed by atoms with E-state index in [-0.39, 0.29) is 18.1 Å². The second kappa shape index (κ2) is 7.92. The van der Waals surface area contributed by atoms with Crippen molar-refractivity contribution in [1.29, 1.82) is 0 Å². The van der Waals surface area contributed by atoms with Crippen molar-refractivity contribution in [2.45, 2.75) is 6.42 Å². The highest BCUT2D eigenvalue weighted by atomic mass is 32.2. The van der Waals surface area contributed by atoms with Crippen molar-refractivity contribution in [3.63, 3.8) is 0 Å². The number of pyridine rings is 1. The Morgan fingerprint density at radius 2 is 1.78 bits per heavy atom. The lowest BCUT2D eigenvalue weighted by Gasteiger charge is -2.07. The van der Waals surface area contributed by atoms with E-state index in [1.54, 1.807) is 24.5 Å². The fourth-order valence-corrected chi connectivity index (χ4v) is 2.86. The van der Waals surface area contributed by atoms with Crippen molar-refractivity contribution in [3.05, 3.63) is 66.9 Å². The Morgan fingerprint density at radius 1 is 1.00 bits per heavy atom. The van der Waals surface area contributed by atoms with E-state index < -0.39 is 10.0 Å². The van der Waals surface area contributed by atoms with Gasteiger partial charge >= 0.3 is 0 Å². The average Bonchev–Trinajstić information content (AvgIpc) is 2.62. The minimum atomic E-state index is -3.46. The molecule has 2 heterocycles. The molecule has 0 saturated carbocycles. The first kappa shape index (κ1) is 18.5. The maximum absolute atomic E-state index is 12.2. The van der Waals surface area contributed by atoms with Gasteiger partial charge in [-0.1, -0.05) is 18.2 Å². The summed E-state index contributed by atoms with van der Waals surface area (Å²) in [6.07, 6.45) is 7.16. The topological polar surface area (TPSA) is 114 Å². The standard InChI is InChI=1S/C18H17N5O3S/c1-27(25,26)23-17-12-20-11-16(21-17)9-18(24)22-15-6-4-13(5-7-15)14-3-2-8-19-10-14/h2-8,10-12H,9H2,1H3,(H,21,23)(H,22,24). The predicted molar refractivity (Wildman–Crippen MR) is 103 cm³/mol. The highest BCUT2D eigenvalue weighted by Crippen LogP contribution is 2.20. The van der Waals surface area contributed by atoms with Crippen LogP contribution in [0.4, 0.5) is 11.5 Å². The Labute approximate surface area is 156 Å². The molecule has 0 fully saturated rings. The summed E-state index contributed by atoms with van der Waals surface area (Å²) in [4.78, 5) is 24.3. The third kappa shape index (κ3) is 5.58. The second-order valence-corrected chi connectivity index (χ2v) is 7.56. The monoisotopic (exact) mass is 383 g/mol. The Balaban J connectivity index is 1.63. The molecule has 0 atom stereocenters. The van der Waals surface area contributed by atoms with Crippen molar-refractivity contribution < 1.29 is 13.2 Å². The minimum absolute atomic E-state index is 0.0311. The summed E-state index contributed by atoms with van der Waals surface area (Å²) in [5.74, 6) is -0.210. The summed E-state index contributed by atoms with van der Waals surface area (Å²) in [6.45, 7) is 0. The van der Waals surface area contributed by atoms with E-state index >= 15 is 0 Å². The van der Waals surface area contributed by atoms with Gasteiger partial charge in [-0.15, -0.1) is 0 Å². The van der Waals surface area contributed by atoms with Crippen molar-refractivity contribution in [2.75, 3.05) is 16.3 Å². The van der Waals surface area contributed by atoms with Gasteiger partial charge < -0.3 is 5.32 Å². The number of nitrogens with zero attached hydrogens (tertiary/aromatic N) is 3. The second-order valence-electron chi connectivity index (χ2n) is 5.81. The summed E-state index contributed by atoms with van der Waals surface area (Å²) < 4.78 is 24.7. The number of amides is 1. The van der Waals surface area contributed by atoms with Crippen LogP contribution in [-0.4, -0.2) is 35.5 Å². The first-order valence-corrected chi connectivity index (χ1v) is 9.87. The Morgan fingerprint density at radius 3 is 2.44 bits per heavy atom. The normalized spacial score (nSPS) is 11.0. The van der Waals surface area contributed by atoms with E-state index in [0.29, 0.717) is 11.4 Å². The third-order valence-electron chi connectivity index (χ3n) is 3.48. The molecule has 27 heavy (non-hydrogen) atoms. The number of hydrogen-bond donors (Lipinski definition) is 2. The van der Waals surface area contributed by atoms with Crippen LogP contribution in [0.2, 0.25) is 0 Å². The maximum atomic E-state index is 12.2. The highest BCUT2D eigenvalue weighted by Gasteiger charge is 2.09. The summed E-state index contributed by atoms with van der Waals surface area (Å²) in [5.41, 5.74) is 2.98. The molecule has 1 aromatic carbocycles. The van der Waals surface area contributed by atoms with E-state index in [1.165, 1.54) is 12.4 Å². The molecule has 0 aliphatic heterocycles.